The van der Waals surface area contributed by atoms with E-state index in [1.807, 2.05) is 0 Å². The number of halogens is 3. The number of nitro groups is 1. The lowest BCUT2D eigenvalue weighted by Crippen LogP contribution is -2.39. The van der Waals surface area contributed by atoms with Crippen LogP contribution in [0.25, 0.3) is 0 Å². The lowest BCUT2D eigenvalue weighted by molar-refractivity contribution is -0.385. The van der Waals surface area contributed by atoms with Crippen LogP contribution in [-0.4, -0.2) is 53.0 Å². The standard InChI is InChI=1S/C26H21BrCl2N6O7S/c27-16-10-14(28)9-15(25(36)31-12-13-6-7-13)23(16)32-26(37)20-11-18(33-34(20)24-17(29)3-2-8-30-24)22-19(35(38)39)4-1-5-21(22)43(40,41)42/h1-5,8-10,13,20H,6-7,11-12H2,(H,31,36)(H,32,37)(H,40,41,42). The second kappa shape index (κ2) is 12.2. The van der Waals surface area contributed by atoms with Gasteiger partial charge in [-0.1, -0.05) is 29.3 Å². The Morgan fingerprint density at radius 3 is 2.58 bits per heavy atom. The van der Waals surface area contributed by atoms with Gasteiger partial charge in [0.2, 0.25) is 5.91 Å². The van der Waals surface area contributed by atoms with Crippen LogP contribution in [0.3, 0.4) is 0 Å². The molecule has 0 spiro atoms. The van der Waals surface area contributed by atoms with Gasteiger partial charge in [-0.25, -0.2) is 9.99 Å². The summed E-state index contributed by atoms with van der Waals surface area (Å²) in [5.74, 6) is -0.795. The second-order valence-electron chi connectivity index (χ2n) is 9.76. The average Bonchev–Trinajstić information content (AvgIpc) is 3.68. The van der Waals surface area contributed by atoms with Crippen molar-refractivity contribution in [2.24, 2.45) is 11.0 Å². The van der Waals surface area contributed by atoms with Gasteiger partial charge >= 0.3 is 0 Å². The SMILES string of the molecule is O=C(NCC1CC1)c1cc(Cl)cc(Br)c1NC(=O)C1CC(c2c([N+](=O)[O-])cccc2S(=O)(=O)O)=NN1c1ncccc1Cl. The van der Waals surface area contributed by atoms with Crippen LogP contribution in [0.2, 0.25) is 10.0 Å². The van der Waals surface area contributed by atoms with Gasteiger partial charge in [0, 0.05) is 34.7 Å². The molecule has 2 aliphatic rings. The number of hydrazone groups is 1. The van der Waals surface area contributed by atoms with E-state index in [9.17, 15) is 32.7 Å². The van der Waals surface area contributed by atoms with Crippen LogP contribution in [0, 0.1) is 16.0 Å². The molecule has 13 nitrogen and oxygen atoms in total. The van der Waals surface area contributed by atoms with E-state index in [0.717, 1.165) is 36.0 Å². The van der Waals surface area contributed by atoms with Crippen LogP contribution in [0.5, 0.6) is 0 Å². The van der Waals surface area contributed by atoms with E-state index in [1.54, 1.807) is 0 Å². The Labute approximate surface area is 263 Å². The van der Waals surface area contributed by atoms with Crippen LogP contribution in [-0.2, 0) is 14.9 Å². The van der Waals surface area contributed by atoms with Crippen molar-refractivity contribution < 1.29 is 27.5 Å². The zero-order valence-corrected chi connectivity index (χ0v) is 25.7. The number of carbonyl (C=O) groups is 2. The Bertz CT molecular complexity index is 1800. The number of hydrogen-bond acceptors (Lipinski definition) is 9. The fourth-order valence-corrected chi connectivity index (χ4v) is 6.37. The van der Waals surface area contributed by atoms with E-state index in [0.29, 0.717) is 16.9 Å². The number of nitrogens with one attached hydrogen (secondary N) is 2. The fraction of sp³-hybridized carbons (Fsp3) is 0.231. The summed E-state index contributed by atoms with van der Waals surface area (Å²) in [5.41, 5.74) is -1.15. The second-order valence-corrected chi connectivity index (χ2v) is 12.8. The van der Waals surface area contributed by atoms with Crippen molar-refractivity contribution in [2.75, 3.05) is 16.9 Å². The molecule has 1 fully saturated rings. The molecule has 3 N–H and O–H groups in total. The summed E-state index contributed by atoms with van der Waals surface area (Å²) in [7, 11) is -4.94. The number of amides is 2. The fourth-order valence-electron chi connectivity index (χ4n) is 4.52. The maximum absolute atomic E-state index is 13.9. The monoisotopic (exact) mass is 710 g/mol. The summed E-state index contributed by atoms with van der Waals surface area (Å²) < 4.78 is 34.6. The number of pyridine rings is 1. The van der Waals surface area contributed by atoms with Crippen molar-refractivity contribution >= 4 is 84.0 Å². The zero-order chi connectivity index (χ0) is 31.1. The molecule has 0 bridgehead atoms. The van der Waals surface area contributed by atoms with Crippen molar-refractivity contribution in [3.63, 3.8) is 0 Å². The van der Waals surface area contributed by atoms with Gasteiger partial charge in [-0.15, -0.1) is 0 Å². The van der Waals surface area contributed by atoms with Crippen LogP contribution in [0.1, 0.15) is 35.2 Å². The largest absolute Gasteiger partial charge is 0.352 e. The minimum absolute atomic E-state index is 0.00359. The number of nitrogens with zero attached hydrogens (tertiary/aromatic N) is 4. The van der Waals surface area contributed by atoms with Gasteiger partial charge in [-0.05, 0) is 65.0 Å². The van der Waals surface area contributed by atoms with E-state index >= 15 is 0 Å². The topological polar surface area (TPSA) is 184 Å². The van der Waals surface area contributed by atoms with Gasteiger partial charge in [0.1, 0.15) is 10.9 Å². The minimum atomic E-state index is -4.94. The number of hydrogen-bond donors (Lipinski definition) is 3. The number of carbonyl (C=O) groups excluding carboxylic acids is 2. The zero-order valence-electron chi connectivity index (χ0n) is 21.8. The smallest absolute Gasteiger partial charge is 0.295 e. The van der Waals surface area contributed by atoms with E-state index in [-0.39, 0.29) is 39.2 Å². The van der Waals surface area contributed by atoms with Crippen LogP contribution >= 0.6 is 39.1 Å². The van der Waals surface area contributed by atoms with Gasteiger partial charge in [0.15, 0.2) is 5.82 Å². The molecule has 5 rings (SSSR count). The van der Waals surface area contributed by atoms with Crippen molar-refractivity contribution in [3.8, 4) is 0 Å². The molecule has 3 aromatic rings. The third kappa shape index (κ3) is 6.65. The summed E-state index contributed by atoms with van der Waals surface area (Å²) in [5, 5.41) is 23.2. The minimum Gasteiger partial charge on any atom is -0.352 e. The summed E-state index contributed by atoms with van der Waals surface area (Å²) in [6.07, 6.45) is 3.05. The Hall–Kier alpha value is -3.63. The highest BCUT2D eigenvalue weighted by Gasteiger charge is 2.40. The third-order valence-electron chi connectivity index (χ3n) is 6.73. The summed E-state index contributed by atoms with van der Waals surface area (Å²) in [6, 6.07) is 7.78. The summed E-state index contributed by atoms with van der Waals surface area (Å²) >= 11 is 15.9. The molecular formula is C26H21BrCl2N6O7S. The molecule has 0 radical (unpaired) electrons. The molecule has 224 valence electrons. The number of rotatable bonds is 9. The van der Waals surface area contributed by atoms with E-state index in [1.165, 1.54) is 30.5 Å². The molecule has 1 aliphatic heterocycles. The molecule has 1 aliphatic carbocycles. The quantitative estimate of drug-likeness (QED) is 0.155. The molecule has 1 aromatic heterocycles. The first-order valence-corrected chi connectivity index (χ1v) is 15.6. The molecule has 1 saturated carbocycles. The maximum atomic E-state index is 13.9. The van der Waals surface area contributed by atoms with Crippen LogP contribution in [0.15, 0.2) is 63.1 Å². The van der Waals surface area contributed by atoms with Crippen molar-refractivity contribution in [2.45, 2.75) is 30.2 Å². The highest BCUT2D eigenvalue weighted by molar-refractivity contribution is 9.10. The van der Waals surface area contributed by atoms with Crippen molar-refractivity contribution in [1.29, 1.82) is 0 Å². The average molecular weight is 712 g/mol. The summed E-state index contributed by atoms with van der Waals surface area (Å²) in [4.78, 5) is 41.4. The highest BCUT2D eigenvalue weighted by Crippen LogP contribution is 2.37. The van der Waals surface area contributed by atoms with E-state index in [4.69, 9.17) is 23.2 Å². The van der Waals surface area contributed by atoms with Gasteiger partial charge in [-0.3, -0.25) is 24.3 Å². The Morgan fingerprint density at radius 2 is 1.93 bits per heavy atom. The maximum Gasteiger partial charge on any atom is 0.295 e. The Kier molecular flexibility index (Phi) is 8.72. The Morgan fingerprint density at radius 1 is 1.19 bits per heavy atom. The van der Waals surface area contributed by atoms with Crippen molar-refractivity contribution in [3.05, 3.63) is 84.4 Å². The molecule has 1 unspecified atom stereocenters. The lowest BCUT2D eigenvalue weighted by atomic mass is 10.0. The van der Waals surface area contributed by atoms with Gasteiger partial charge in [-0.2, -0.15) is 13.5 Å². The van der Waals surface area contributed by atoms with Crippen molar-refractivity contribution in [1.82, 2.24) is 10.3 Å². The lowest BCUT2D eigenvalue weighted by Gasteiger charge is -2.23. The first kappa shape index (κ1) is 30.8. The number of aromatic nitrogens is 1. The molecule has 1 atom stereocenters. The first-order valence-electron chi connectivity index (χ1n) is 12.7. The van der Waals surface area contributed by atoms with Crippen LogP contribution < -0.4 is 15.6 Å². The van der Waals surface area contributed by atoms with Gasteiger partial charge in [0.25, 0.3) is 21.7 Å². The van der Waals surface area contributed by atoms with E-state index in [2.05, 4.69) is 36.6 Å². The highest BCUT2D eigenvalue weighted by atomic mass is 79.9. The third-order valence-corrected chi connectivity index (χ3v) is 8.77. The molecule has 2 aromatic carbocycles. The Balaban J connectivity index is 1.56. The molecule has 0 saturated heterocycles. The van der Waals surface area contributed by atoms with Gasteiger partial charge in [0.05, 0.1) is 32.5 Å². The molecule has 2 heterocycles. The molecular weight excluding hydrogens is 691 g/mol. The molecule has 17 heteroatoms. The number of benzene rings is 2. The number of anilines is 2. The summed E-state index contributed by atoms with van der Waals surface area (Å²) in [6.45, 7) is 0.466. The van der Waals surface area contributed by atoms with Crippen LogP contribution in [0.4, 0.5) is 17.2 Å². The normalized spacial score (nSPS) is 16.5. The number of nitro benzene ring substituents is 1. The predicted octanol–water partition coefficient (Wildman–Crippen LogP) is 5.07. The molecule has 2 amide bonds. The first-order chi connectivity index (χ1) is 20.3. The van der Waals surface area contributed by atoms with Gasteiger partial charge < -0.3 is 10.6 Å². The van der Waals surface area contributed by atoms with E-state index < -0.39 is 49.0 Å². The molecule has 43 heavy (non-hydrogen) atoms. The predicted molar refractivity (Wildman–Crippen MR) is 162 cm³/mol.